The average Bonchev–Trinajstić information content (AvgIpc) is 2.52. The Morgan fingerprint density at radius 3 is 2.48 bits per heavy atom. The predicted molar refractivity (Wildman–Crippen MR) is 86.3 cm³/mol. The van der Waals surface area contributed by atoms with Gasteiger partial charge in [0.05, 0.1) is 0 Å². The third kappa shape index (κ3) is 5.93. The molecule has 2 N–H and O–H groups in total. The lowest BCUT2D eigenvalue weighted by Crippen LogP contribution is -2.43. The second kappa shape index (κ2) is 8.71. The molecule has 0 bridgehead atoms. The lowest BCUT2D eigenvalue weighted by Gasteiger charge is -2.33. The number of carbonyl (C=O) groups is 1. The zero-order valence-electron chi connectivity index (χ0n) is 13.7. The molecule has 0 spiro atoms. The van der Waals surface area contributed by atoms with Gasteiger partial charge in [-0.25, -0.2) is 0 Å². The van der Waals surface area contributed by atoms with Crippen LogP contribution in [0.2, 0.25) is 0 Å². The van der Waals surface area contributed by atoms with E-state index in [4.69, 9.17) is 0 Å². The highest BCUT2D eigenvalue weighted by Crippen LogP contribution is 2.17. The van der Waals surface area contributed by atoms with Crippen LogP contribution in [0.25, 0.3) is 0 Å². The van der Waals surface area contributed by atoms with Crippen molar-refractivity contribution >= 4 is 5.91 Å². The molecule has 2 rings (SSSR count). The summed E-state index contributed by atoms with van der Waals surface area (Å²) in [6.07, 6.45) is 4.43. The summed E-state index contributed by atoms with van der Waals surface area (Å²) in [7, 11) is 4.26. The highest BCUT2D eigenvalue weighted by molar-refractivity contribution is 5.78. The monoisotopic (exact) mass is 296 g/mol. The van der Waals surface area contributed by atoms with Crippen LogP contribution in [0.1, 0.15) is 25.7 Å². The van der Waals surface area contributed by atoms with Gasteiger partial charge in [0.25, 0.3) is 0 Å². The van der Waals surface area contributed by atoms with E-state index in [1.54, 1.807) is 0 Å². The smallest absolute Gasteiger partial charge is 0.223 e. The molecule has 2 aliphatic rings. The normalized spacial score (nSPS) is 22.6. The summed E-state index contributed by atoms with van der Waals surface area (Å²) in [5, 5.41) is 6.50. The van der Waals surface area contributed by atoms with Crippen molar-refractivity contribution in [2.75, 3.05) is 59.9 Å². The van der Waals surface area contributed by atoms with Crippen LogP contribution in [0.15, 0.2) is 0 Å². The molecular weight excluding hydrogens is 264 g/mol. The first-order chi connectivity index (χ1) is 10.1. The lowest BCUT2D eigenvalue weighted by molar-refractivity contribution is -0.126. The Morgan fingerprint density at radius 1 is 1.19 bits per heavy atom. The summed E-state index contributed by atoms with van der Waals surface area (Å²) in [6, 6.07) is 0. The van der Waals surface area contributed by atoms with E-state index in [9.17, 15) is 4.79 Å². The average molecular weight is 296 g/mol. The van der Waals surface area contributed by atoms with E-state index in [1.807, 2.05) is 0 Å². The molecule has 0 radical (unpaired) electrons. The van der Waals surface area contributed by atoms with Crippen molar-refractivity contribution in [2.45, 2.75) is 25.7 Å². The molecule has 2 fully saturated rings. The van der Waals surface area contributed by atoms with E-state index >= 15 is 0 Å². The molecule has 0 aromatic rings. The number of rotatable bonds is 6. The Bertz CT molecular complexity index is 307. The molecule has 2 heterocycles. The number of carbonyl (C=O) groups excluding carboxylic acids is 1. The minimum atomic E-state index is 0.242. The third-order valence-electron chi connectivity index (χ3n) is 4.85. The second-order valence-corrected chi connectivity index (χ2v) is 6.86. The van der Waals surface area contributed by atoms with E-state index in [0.717, 1.165) is 39.0 Å². The molecule has 2 saturated heterocycles. The topological polar surface area (TPSA) is 47.6 Å². The maximum absolute atomic E-state index is 12.1. The van der Waals surface area contributed by atoms with E-state index in [0.29, 0.717) is 5.92 Å². The van der Waals surface area contributed by atoms with Crippen LogP contribution >= 0.6 is 0 Å². The number of amides is 1. The van der Waals surface area contributed by atoms with Crippen molar-refractivity contribution < 1.29 is 4.79 Å². The van der Waals surface area contributed by atoms with Gasteiger partial charge in [0.2, 0.25) is 5.91 Å². The van der Waals surface area contributed by atoms with Crippen LogP contribution in [0.3, 0.4) is 0 Å². The van der Waals surface area contributed by atoms with Gasteiger partial charge in [0.1, 0.15) is 0 Å². The molecule has 0 aromatic carbocycles. The van der Waals surface area contributed by atoms with Gasteiger partial charge in [-0.3, -0.25) is 4.79 Å². The fraction of sp³-hybridized carbons (Fsp3) is 0.938. The van der Waals surface area contributed by atoms with Crippen molar-refractivity contribution in [1.29, 1.82) is 0 Å². The molecule has 0 unspecified atom stereocenters. The van der Waals surface area contributed by atoms with Crippen LogP contribution in [0.4, 0.5) is 0 Å². The molecule has 5 nitrogen and oxygen atoms in total. The van der Waals surface area contributed by atoms with Crippen molar-refractivity contribution in [3.05, 3.63) is 0 Å². The fourth-order valence-electron chi connectivity index (χ4n) is 3.23. The molecule has 2 aliphatic heterocycles. The second-order valence-electron chi connectivity index (χ2n) is 6.86. The molecule has 21 heavy (non-hydrogen) atoms. The van der Waals surface area contributed by atoms with Crippen LogP contribution in [-0.2, 0) is 4.79 Å². The SMILES string of the molecule is CN(C)CCN1CCC(CNC(=O)C2CCNCC2)CC1. The standard InChI is InChI=1S/C16H32N4O/c1-19(2)11-12-20-9-5-14(6-10-20)13-18-16(21)15-3-7-17-8-4-15/h14-15,17H,3-13H2,1-2H3,(H,18,21). The summed E-state index contributed by atoms with van der Waals surface area (Å²) < 4.78 is 0. The number of likely N-dealkylation sites (N-methyl/N-ethyl adjacent to an activating group) is 1. The van der Waals surface area contributed by atoms with Gasteiger partial charge < -0.3 is 20.4 Å². The fourth-order valence-corrected chi connectivity index (χ4v) is 3.23. The quantitative estimate of drug-likeness (QED) is 0.744. The number of nitrogens with one attached hydrogen (secondary N) is 2. The predicted octanol–water partition coefficient (Wildman–Crippen LogP) is 0.376. The Kier molecular flexibility index (Phi) is 6.93. The van der Waals surface area contributed by atoms with Crippen molar-refractivity contribution in [3.8, 4) is 0 Å². The van der Waals surface area contributed by atoms with E-state index in [2.05, 4.69) is 34.5 Å². The zero-order chi connectivity index (χ0) is 15.1. The summed E-state index contributed by atoms with van der Waals surface area (Å²) in [5.41, 5.74) is 0. The van der Waals surface area contributed by atoms with Gasteiger partial charge in [-0.2, -0.15) is 0 Å². The van der Waals surface area contributed by atoms with Crippen molar-refractivity contribution in [1.82, 2.24) is 20.4 Å². The van der Waals surface area contributed by atoms with Gasteiger partial charge in [0.15, 0.2) is 0 Å². The van der Waals surface area contributed by atoms with Gasteiger partial charge >= 0.3 is 0 Å². The number of likely N-dealkylation sites (tertiary alicyclic amines) is 1. The zero-order valence-corrected chi connectivity index (χ0v) is 13.7. The molecular formula is C16H32N4O. The van der Waals surface area contributed by atoms with E-state index in [1.165, 1.54) is 32.5 Å². The van der Waals surface area contributed by atoms with Gasteiger partial charge in [-0.05, 0) is 71.9 Å². The van der Waals surface area contributed by atoms with Crippen LogP contribution in [0, 0.1) is 11.8 Å². The Labute approximate surface area is 129 Å². The molecule has 0 aromatic heterocycles. The lowest BCUT2D eigenvalue weighted by atomic mass is 9.94. The maximum Gasteiger partial charge on any atom is 0.223 e. The maximum atomic E-state index is 12.1. The minimum absolute atomic E-state index is 0.242. The molecule has 0 aliphatic carbocycles. The summed E-state index contributed by atoms with van der Waals surface area (Å²) >= 11 is 0. The highest BCUT2D eigenvalue weighted by Gasteiger charge is 2.23. The van der Waals surface area contributed by atoms with E-state index in [-0.39, 0.29) is 11.8 Å². The van der Waals surface area contributed by atoms with E-state index < -0.39 is 0 Å². The molecule has 0 saturated carbocycles. The van der Waals surface area contributed by atoms with Crippen LogP contribution < -0.4 is 10.6 Å². The minimum Gasteiger partial charge on any atom is -0.356 e. The van der Waals surface area contributed by atoms with Gasteiger partial charge in [-0.1, -0.05) is 0 Å². The molecule has 0 atom stereocenters. The van der Waals surface area contributed by atoms with Gasteiger partial charge in [-0.15, -0.1) is 0 Å². The number of hydrogen-bond donors (Lipinski definition) is 2. The van der Waals surface area contributed by atoms with Gasteiger partial charge in [0, 0.05) is 25.6 Å². The first kappa shape index (κ1) is 16.7. The summed E-state index contributed by atoms with van der Waals surface area (Å²) in [4.78, 5) is 16.9. The first-order valence-corrected chi connectivity index (χ1v) is 8.50. The Morgan fingerprint density at radius 2 is 1.86 bits per heavy atom. The number of piperidine rings is 2. The largest absolute Gasteiger partial charge is 0.356 e. The Balaban J connectivity index is 1.59. The van der Waals surface area contributed by atoms with Crippen molar-refractivity contribution in [2.24, 2.45) is 11.8 Å². The molecule has 5 heteroatoms. The van der Waals surface area contributed by atoms with Crippen LogP contribution in [0.5, 0.6) is 0 Å². The number of nitrogens with zero attached hydrogens (tertiary/aromatic N) is 2. The molecule has 122 valence electrons. The van der Waals surface area contributed by atoms with Crippen molar-refractivity contribution in [3.63, 3.8) is 0 Å². The highest BCUT2D eigenvalue weighted by atomic mass is 16.1. The number of hydrogen-bond acceptors (Lipinski definition) is 4. The first-order valence-electron chi connectivity index (χ1n) is 8.50. The summed E-state index contributed by atoms with van der Waals surface area (Å²) in [5.74, 6) is 1.20. The summed E-state index contributed by atoms with van der Waals surface area (Å²) in [6.45, 7) is 7.52. The third-order valence-corrected chi connectivity index (χ3v) is 4.85. The molecule has 1 amide bonds. The van der Waals surface area contributed by atoms with Crippen LogP contribution in [-0.4, -0.2) is 75.6 Å². The Hall–Kier alpha value is -0.650.